The van der Waals surface area contributed by atoms with Gasteiger partial charge in [0.2, 0.25) is 17.6 Å². The van der Waals surface area contributed by atoms with Gasteiger partial charge in [-0.1, -0.05) is 48.7 Å². The number of carboxylic acid groups (broad SMARTS) is 1. The predicted octanol–water partition coefficient (Wildman–Crippen LogP) is 3.51. The van der Waals surface area contributed by atoms with E-state index in [9.17, 15) is 24.3 Å². The van der Waals surface area contributed by atoms with Crippen molar-refractivity contribution in [3.8, 4) is 11.4 Å². The standard InChI is InChI=1S/C30H38ClN7O6/c1-29(2,3)44-28(43)32-22-13-8-6-4-5-7-11-19-16-30(19,27(41)42)33-25(39)23-15-21(17-37(23)26(22)40)38-35-24(34-36-38)18-10-9-12-20(31)14-18/h7,9-12,14,19,21-23H,4-6,8,13,15-17H2,1-3H3,(H,32,43)(H,33,39)(H,41,42)/b11-7-/t19-,21-,22+,23+,30-/m1/s1. The summed E-state index contributed by atoms with van der Waals surface area (Å²) in [5, 5.41) is 28.9. The Labute approximate surface area is 260 Å². The zero-order chi connectivity index (χ0) is 31.6. The second-order valence-electron chi connectivity index (χ2n) is 12.7. The van der Waals surface area contributed by atoms with Gasteiger partial charge in [-0.25, -0.2) is 9.59 Å². The zero-order valence-corrected chi connectivity index (χ0v) is 25.8. The number of alkyl carbamates (subject to hydrolysis) is 1. The lowest BCUT2D eigenvalue weighted by Crippen LogP contribution is -2.56. The van der Waals surface area contributed by atoms with Gasteiger partial charge in [-0.15, -0.1) is 10.2 Å². The summed E-state index contributed by atoms with van der Waals surface area (Å²) in [5.41, 5.74) is -1.55. The summed E-state index contributed by atoms with van der Waals surface area (Å²) < 4.78 is 5.43. The van der Waals surface area contributed by atoms with Gasteiger partial charge in [0.25, 0.3) is 0 Å². The Morgan fingerprint density at radius 3 is 2.73 bits per heavy atom. The average Bonchev–Trinajstić information content (AvgIpc) is 3.27. The molecule has 3 amide bonds. The van der Waals surface area contributed by atoms with Gasteiger partial charge in [0.15, 0.2) is 0 Å². The summed E-state index contributed by atoms with van der Waals surface area (Å²) in [6, 6.07) is 4.48. The Morgan fingerprint density at radius 1 is 1.20 bits per heavy atom. The fourth-order valence-electron chi connectivity index (χ4n) is 5.82. The van der Waals surface area contributed by atoms with E-state index in [1.165, 1.54) is 9.70 Å². The molecule has 1 saturated carbocycles. The molecule has 236 valence electrons. The maximum Gasteiger partial charge on any atom is 0.408 e. The number of allylic oxidation sites excluding steroid dienone is 1. The lowest BCUT2D eigenvalue weighted by Gasteiger charge is -2.30. The van der Waals surface area contributed by atoms with Crippen LogP contribution in [0.2, 0.25) is 5.02 Å². The highest BCUT2D eigenvalue weighted by molar-refractivity contribution is 6.30. The van der Waals surface area contributed by atoms with Crippen molar-refractivity contribution in [3.05, 3.63) is 41.4 Å². The van der Waals surface area contributed by atoms with Crippen molar-refractivity contribution in [2.24, 2.45) is 5.92 Å². The second kappa shape index (κ2) is 12.5. The van der Waals surface area contributed by atoms with Crippen LogP contribution in [0.4, 0.5) is 4.79 Å². The second-order valence-corrected chi connectivity index (χ2v) is 13.1. The number of rotatable bonds is 4. The Kier molecular flexibility index (Phi) is 8.96. The third-order valence-electron chi connectivity index (χ3n) is 8.17. The number of aromatic nitrogens is 4. The molecule has 0 unspecified atom stereocenters. The molecule has 0 bridgehead atoms. The van der Waals surface area contributed by atoms with Gasteiger partial charge in [0.05, 0.1) is 6.04 Å². The van der Waals surface area contributed by atoms with Crippen LogP contribution in [-0.4, -0.2) is 83.9 Å². The number of halogens is 1. The molecule has 3 heterocycles. The number of nitrogens with zero attached hydrogens (tertiary/aromatic N) is 5. The van der Waals surface area contributed by atoms with E-state index < -0.39 is 53.1 Å². The SMILES string of the molecule is CC(C)(C)OC(=O)N[C@H]1CCCCC/C=C\[C@@H]2C[C@@]2(C(=O)O)NC(=O)[C@@H]2C[C@@H](n3nnc(-c4cccc(Cl)c4)n3)CN2C1=O. The molecule has 5 atom stereocenters. The molecular weight excluding hydrogens is 590 g/mol. The number of aliphatic carboxylic acids is 1. The minimum absolute atomic E-state index is 0.0537. The minimum Gasteiger partial charge on any atom is -0.479 e. The van der Waals surface area contributed by atoms with E-state index in [-0.39, 0.29) is 25.3 Å². The first-order valence-electron chi connectivity index (χ1n) is 14.9. The Balaban J connectivity index is 1.44. The molecular formula is C30H38ClN7O6. The van der Waals surface area contributed by atoms with Crippen LogP contribution < -0.4 is 10.6 Å². The summed E-state index contributed by atoms with van der Waals surface area (Å²) >= 11 is 6.13. The summed E-state index contributed by atoms with van der Waals surface area (Å²) in [6.07, 6.45) is 6.86. The van der Waals surface area contributed by atoms with Crippen molar-refractivity contribution in [2.45, 2.75) is 95.0 Å². The van der Waals surface area contributed by atoms with Crippen LogP contribution >= 0.6 is 11.6 Å². The molecule has 2 fully saturated rings. The quantitative estimate of drug-likeness (QED) is 0.429. The van der Waals surface area contributed by atoms with Gasteiger partial charge in [-0.2, -0.15) is 4.80 Å². The van der Waals surface area contributed by atoms with Crippen molar-refractivity contribution in [1.82, 2.24) is 35.7 Å². The Morgan fingerprint density at radius 2 is 2.00 bits per heavy atom. The van der Waals surface area contributed by atoms with Crippen LogP contribution in [0.1, 0.15) is 71.8 Å². The molecule has 1 aliphatic carbocycles. The first-order chi connectivity index (χ1) is 20.9. The largest absolute Gasteiger partial charge is 0.479 e. The van der Waals surface area contributed by atoms with Crippen molar-refractivity contribution in [3.63, 3.8) is 0 Å². The first kappa shape index (κ1) is 31.4. The summed E-state index contributed by atoms with van der Waals surface area (Å²) in [6.45, 7) is 5.25. The minimum atomic E-state index is -1.43. The molecule has 1 saturated heterocycles. The normalized spacial score (nSPS) is 28.5. The number of nitrogens with one attached hydrogen (secondary N) is 2. The number of carbonyl (C=O) groups excluding carboxylic acids is 3. The number of hydrogen-bond acceptors (Lipinski definition) is 8. The highest BCUT2D eigenvalue weighted by Crippen LogP contribution is 2.45. The fourth-order valence-corrected chi connectivity index (χ4v) is 6.01. The van der Waals surface area contributed by atoms with Crippen LogP contribution in [0.3, 0.4) is 0 Å². The van der Waals surface area contributed by atoms with Crippen LogP contribution in [-0.2, 0) is 19.1 Å². The van der Waals surface area contributed by atoms with Crippen LogP contribution in [0, 0.1) is 5.92 Å². The number of carboxylic acids is 1. The van der Waals surface area contributed by atoms with Gasteiger partial charge in [-0.05, 0) is 63.8 Å². The number of carbonyl (C=O) groups is 4. The van der Waals surface area contributed by atoms with Gasteiger partial charge in [0.1, 0.15) is 23.2 Å². The molecule has 1 aromatic heterocycles. The maximum atomic E-state index is 14.1. The number of ether oxygens (including phenoxy) is 1. The molecule has 14 heteroatoms. The van der Waals surface area contributed by atoms with E-state index in [1.807, 2.05) is 12.2 Å². The van der Waals surface area contributed by atoms with E-state index in [1.54, 1.807) is 45.0 Å². The third kappa shape index (κ3) is 7.03. The van der Waals surface area contributed by atoms with Crippen molar-refractivity contribution in [2.75, 3.05) is 6.54 Å². The van der Waals surface area contributed by atoms with E-state index >= 15 is 0 Å². The van der Waals surface area contributed by atoms with Crippen molar-refractivity contribution >= 4 is 35.5 Å². The molecule has 1 aromatic carbocycles. The molecule has 5 rings (SSSR count). The number of tetrazole rings is 1. The maximum absolute atomic E-state index is 14.1. The number of benzene rings is 1. The average molecular weight is 628 g/mol. The molecule has 2 aliphatic heterocycles. The highest BCUT2D eigenvalue weighted by atomic mass is 35.5. The van der Waals surface area contributed by atoms with Crippen LogP contribution in [0.25, 0.3) is 11.4 Å². The van der Waals surface area contributed by atoms with E-state index in [4.69, 9.17) is 16.3 Å². The molecule has 0 radical (unpaired) electrons. The summed E-state index contributed by atoms with van der Waals surface area (Å²) in [5.74, 6) is -2.17. The molecule has 3 aliphatic rings. The van der Waals surface area contributed by atoms with Gasteiger partial charge in [-0.3, -0.25) is 9.59 Å². The summed E-state index contributed by atoms with van der Waals surface area (Å²) in [7, 11) is 0. The van der Waals surface area contributed by atoms with E-state index in [0.717, 1.165) is 19.3 Å². The summed E-state index contributed by atoms with van der Waals surface area (Å²) in [4.78, 5) is 55.8. The Bertz CT molecular complexity index is 1460. The van der Waals surface area contributed by atoms with E-state index in [2.05, 4.69) is 26.0 Å². The zero-order valence-electron chi connectivity index (χ0n) is 25.0. The first-order valence-corrected chi connectivity index (χ1v) is 15.3. The fraction of sp³-hybridized carbons (Fsp3) is 0.567. The molecule has 13 nitrogen and oxygen atoms in total. The monoisotopic (exact) mass is 627 g/mol. The lowest BCUT2D eigenvalue weighted by molar-refractivity contribution is -0.145. The number of amides is 3. The van der Waals surface area contributed by atoms with Crippen LogP contribution in [0.5, 0.6) is 0 Å². The third-order valence-corrected chi connectivity index (χ3v) is 8.40. The van der Waals surface area contributed by atoms with Gasteiger partial charge < -0.3 is 25.4 Å². The van der Waals surface area contributed by atoms with E-state index in [0.29, 0.717) is 29.3 Å². The van der Waals surface area contributed by atoms with Crippen molar-refractivity contribution in [1.29, 1.82) is 0 Å². The molecule has 2 aromatic rings. The number of fused-ring (bicyclic) bond motifs is 2. The van der Waals surface area contributed by atoms with Gasteiger partial charge >= 0.3 is 12.1 Å². The lowest BCUT2D eigenvalue weighted by atomic mass is 10.0. The van der Waals surface area contributed by atoms with Gasteiger partial charge in [0, 0.05) is 29.5 Å². The topological polar surface area (TPSA) is 169 Å². The molecule has 0 spiro atoms. The Hall–Kier alpha value is -4.00. The van der Waals surface area contributed by atoms with Crippen molar-refractivity contribution < 1.29 is 29.0 Å². The highest BCUT2D eigenvalue weighted by Gasteiger charge is 2.61. The predicted molar refractivity (Wildman–Crippen MR) is 159 cm³/mol. The smallest absolute Gasteiger partial charge is 0.408 e. The number of hydrogen-bond donors (Lipinski definition) is 3. The molecule has 44 heavy (non-hydrogen) atoms. The van der Waals surface area contributed by atoms with Crippen LogP contribution in [0.15, 0.2) is 36.4 Å². The molecule has 3 N–H and O–H groups in total.